The molecule has 1 aromatic heterocycles. The first-order chi connectivity index (χ1) is 11.1. The van der Waals surface area contributed by atoms with E-state index >= 15 is 0 Å². The van der Waals surface area contributed by atoms with Crippen molar-refractivity contribution in [1.82, 2.24) is 9.78 Å². The van der Waals surface area contributed by atoms with Crippen molar-refractivity contribution in [2.75, 3.05) is 24.6 Å². The van der Waals surface area contributed by atoms with Crippen LogP contribution in [0.4, 0.5) is 5.69 Å². The highest BCUT2D eigenvalue weighted by Crippen LogP contribution is 2.24. The first-order valence-electron chi connectivity index (χ1n) is 8.03. The molecule has 1 aromatic carbocycles. The summed E-state index contributed by atoms with van der Waals surface area (Å²) in [7, 11) is 1.84. The summed E-state index contributed by atoms with van der Waals surface area (Å²) in [5, 5.41) is 4.27. The summed E-state index contributed by atoms with van der Waals surface area (Å²) >= 11 is 0. The third-order valence-corrected chi connectivity index (χ3v) is 4.57. The monoisotopic (exact) mass is 313 g/mol. The zero-order valence-electron chi connectivity index (χ0n) is 14.0. The highest BCUT2D eigenvalue weighted by molar-refractivity contribution is 5.91. The minimum absolute atomic E-state index is 0.258. The Kier molecular flexibility index (Phi) is 4.37. The summed E-state index contributed by atoms with van der Waals surface area (Å²) in [5.41, 5.74) is 3.42. The van der Waals surface area contributed by atoms with Crippen LogP contribution in [0.3, 0.4) is 0 Å². The molecule has 0 spiro atoms. The van der Waals surface area contributed by atoms with E-state index in [2.05, 4.69) is 34.3 Å². The van der Waals surface area contributed by atoms with Crippen LogP contribution < -0.4 is 4.90 Å². The molecular formula is C18H23N3O2. The molecule has 3 rings (SSSR count). The second kappa shape index (κ2) is 6.44. The number of esters is 1. The van der Waals surface area contributed by atoms with Crippen LogP contribution in [-0.4, -0.2) is 35.4 Å². The second-order valence-corrected chi connectivity index (χ2v) is 6.20. The van der Waals surface area contributed by atoms with Crippen molar-refractivity contribution in [3.05, 3.63) is 47.3 Å². The number of aromatic nitrogens is 2. The highest BCUT2D eigenvalue weighted by Gasteiger charge is 2.25. The minimum atomic E-state index is -0.258. The number of rotatable bonds is 4. The molecule has 1 aliphatic heterocycles. The van der Waals surface area contributed by atoms with Gasteiger partial charge in [0.15, 0.2) is 0 Å². The van der Waals surface area contributed by atoms with Crippen molar-refractivity contribution in [2.24, 2.45) is 13.0 Å². The van der Waals surface area contributed by atoms with Crippen LogP contribution in [0.5, 0.6) is 0 Å². The molecule has 1 saturated heterocycles. The van der Waals surface area contributed by atoms with E-state index in [4.69, 9.17) is 4.74 Å². The van der Waals surface area contributed by atoms with E-state index in [0.29, 0.717) is 18.1 Å². The van der Waals surface area contributed by atoms with Gasteiger partial charge < -0.3 is 9.64 Å². The number of hydrogen-bond acceptors (Lipinski definition) is 4. The molecule has 122 valence electrons. The molecule has 0 saturated carbocycles. The van der Waals surface area contributed by atoms with Crippen molar-refractivity contribution in [1.29, 1.82) is 0 Å². The molecule has 0 bridgehead atoms. The molecule has 2 aromatic rings. The average Bonchev–Trinajstić information content (AvgIpc) is 3.11. The molecule has 5 heteroatoms. The van der Waals surface area contributed by atoms with E-state index in [1.807, 2.05) is 27.0 Å². The third kappa shape index (κ3) is 3.23. The average molecular weight is 313 g/mol. The number of para-hydroxylation sites is 1. The van der Waals surface area contributed by atoms with Crippen LogP contribution in [-0.2, 0) is 11.8 Å². The lowest BCUT2D eigenvalue weighted by molar-refractivity contribution is 0.0449. The molecule has 0 radical (unpaired) electrons. The van der Waals surface area contributed by atoms with E-state index in [-0.39, 0.29) is 5.97 Å². The molecule has 0 N–H and O–H groups in total. The maximum Gasteiger partial charge on any atom is 0.341 e. The van der Waals surface area contributed by atoms with Gasteiger partial charge in [0, 0.05) is 37.4 Å². The van der Waals surface area contributed by atoms with Crippen LogP contribution in [0.25, 0.3) is 0 Å². The summed E-state index contributed by atoms with van der Waals surface area (Å²) in [5.74, 6) is 0.128. The van der Waals surface area contributed by atoms with Crippen molar-refractivity contribution >= 4 is 11.7 Å². The van der Waals surface area contributed by atoms with Crippen LogP contribution in [0.15, 0.2) is 30.3 Å². The SMILES string of the molecule is Cc1nn(C)c(C)c1C(=O)OC[C@H]1CCN(c2ccccc2)C1. The lowest BCUT2D eigenvalue weighted by Crippen LogP contribution is -2.22. The molecule has 1 fully saturated rings. The fourth-order valence-electron chi connectivity index (χ4n) is 3.18. The van der Waals surface area contributed by atoms with Gasteiger partial charge in [-0.1, -0.05) is 18.2 Å². The zero-order valence-corrected chi connectivity index (χ0v) is 14.0. The van der Waals surface area contributed by atoms with Gasteiger partial charge in [0.25, 0.3) is 0 Å². The van der Waals surface area contributed by atoms with E-state index in [0.717, 1.165) is 30.9 Å². The summed E-state index contributed by atoms with van der Waals surface area (Å²) in [4.78, 5) is 14.7. The number of hydrogen-bond donors (Lipinski definition) is 0. The summed E-state index contributed by atoms with van der Waals surface area (Å²) in [6.45, 7) is 6.15. The summed E-state index contributed by atoms with van der Waals surface area (Å²) in [6.07, 6.45) is 1.05. The smallest absolute Gasteiger partial charge is 0.341 e. The molecule has 0 unspecified atom stereocenters. The number of ether oxygens (including phenoxy) is 1. The molecule has 2 heterocycles. The van der Waals surface area contributed by atoms with Crippen LogP contribution in [0.1, 0.15) is 28.2 Å². The molecule has 0 aliphatic carbocycles. The van der Waals surface area contributed by atoms with Crippen molar-refractivity contribution in [3.8, 4) is 0 Å². The summed E-state index contributed by atoms with van der Waals surface area (Å²) in [6, 6.07) is 10.4. The topological polar surface area (TPSA) is 47.4 Å². The quantitative estimate of drug-likeness (QED) is 0.814. The van der Waals surface area contributed by atoms with Crippen molar-refractivity contribution in [2.45, 2.75) is 20.3 Å². The number of anilines is 1. The Morgan fingerprint density at radius 2 is 2.04 bits per heavy atom. The van der Waals surface area contributed by atoms with Crippen LogP contribution >= 0.6 is 0 Å². The van der Waals surface area contributed by atoms with Gasteiger partial charge in [0.2, 0.25) is 0 Å². The molecule has 5 nitrogen and oxygen atoms in total. The van der Waals surface area contributed by atoms with E-state index in [1.165, 1.54) is 5.69 Å². The first kappa shape index (κ1) is 15.6. The lowest BCUT2D eigenvalue weighted by Gasteiger charge is -2.18. The minimum Gasteiger partial charge on any atom is -0.462 e. The normalized spacial score (nSPS) is 17.5. The van der Waals surface area contributed by atoms with Crippen molar-refractivity contribution in [3.63, 3.8) is 0 Å². The number of aryl methyl sites for hydroxylation is 2. The Bertz CT molecular complexity index is 694. The maximum absolute atomic E-state index is 12.3. The van der Waals surface area contributed by atoms with Gasteiger partial charge >= 0.3 is 5.97 Å². The van der Waals surface area contributed by atoms with Gasteiger partial charge in [0.1, 0.15) is 5.56 Å². The molecule has 1 atom stereocenters. The molecule has 0 amide bonds. The third-order valence-electron chi connectivity index (χ3n) is 4.57. The number of carbonyl (C=O) groups excluding carboxylic acids is 1. The lowest BCUT2D eigenvalue weighted by atomic mass is 10.1. The zero-order chi connectivity index (χ0) is 16.4. The van der Waals surface area contributed by atoms with Crippen LogP contribution in [0, 0.1) is 19.8 Å². The van der Waals surface area contributed by atoms with Gasteiger partial charge in [0.05, 0.1) is 12.3 Å². The van der Waals surface area contributed by atoms with Gasteiger partial charge in [-0.25, -0.2) is 4.79 Å². The van der Waals surface area contributed by atoms with Gasteiger partial charge in [-0.05, 0) is 32.4 Å². The molecule has 23 heavy (non-hydrogen) atoms. The number of nitrogens with zero attached hydrogens (tertiary/aromatic N) is 3. The fraction of sp³-hybridized carbons (Fsp3) is 0.444. The van der Waals surface area contributed by atoms with E-state index < -0.39 is 0 Å². The second-order valence-electron chi connectivity index (χ2n) is 6.20. The Morgan fingerprint density at radius 1 is 1.30 bits per heavy atom. The highest BCUT2D eigenvalue weighted by atomic mass is 16.5. The Balaban J connectivity index is 1.56. The predicted octanol–water partition coefficient (Wildman–Crippen LogP) is 2.72. The number of carbonyl (C=O) groups is 1. The Morgan fingerprint density at radius 3 is 2.70 bits per heavy atom. The van der Waals surface area contributed by atoms with E-state index in [1.54, 1.807) is 4.68 Å². The van der Waals surface area contributed by atoms with Gasteiger partial charge in [-0.3, -0.25) is 4.68 Å². The Hall–Kier alpha value is -2.30. The molecular weight excluding hydrogens is 290 g/mol. The Labute approximate surface area is 136 Å². The van der Waals surface area contributed by atoms with E-state index in [9.17, 15) is 4.79 Å². The van der Waals surface area contributed by atoms with Gasteiger partial charge in [-0.2, -0.15) is 5.10 Å². The van der Waals surface area contributed by atoms with Crippen molar-refractivity contribution < 1.29 is 9.53 Å². The maximum atomic E-state index is 12.3. The van der Waals surface area contributed by atoms with Gasteiger partial charge in [-0.15, -0.1) is 0 Å². The standard InChI is InChI=1S/C18H23N3O2/c1-13-17(14(2)20(3)19-13)18(22)23-12-15-9-10-21(11-15)16-7-5-4-6-8-16/h4-8,15H,9-12H2,1-3H3/t15-/m0/s1. The fourth-order valence-corrected chi connectivity index (χ4v) is 3.18. The largest absolute Gasteiger partial charge is 0.462 e. The summed E-state index contributed by atoms with van der Waals surface area (Å²) < 4.78 is 7.27. The van der Waals surface area contributed by atoms with Crippen LogP contribution in [0.2, 0.25) is 0 Å². The first-order valence-corrected chi connectivity index (χ1v) is 8.03. The predicted molar refractivity (Wildman–Crippen MR) is 89.7 cm³/mol. The number of benzene rings is 1. The molecule has 1 aliphatic rings.